The van der Waals surface area contributed by atoms with E-state index in [4.69, 9.17) is 9.47 Å². The standard InChI is InChI=1S/C10H22N2O6S2/c1-5-17-9-10(18-6-2)12(20(4,15)16)8-7-11(9)19(3,13)14/h9-10H,5-8H2,1-4H3/t9-,10-/m0/s1. The lowest BCUT2D eigenvalue weighted by Gasteiger charge is -2.43. The van der Waals surface area contributed by atoms with E-state index in [1.165, 1.54) is 0 Å². The van der Waals surface area contributed by atoms with Crippen molar-refractivity contribution >= 4 is 20.0 Å². The van der Waals surface area contributed by atoms with Crippen molar-refractivity contribution in [2.75, 3.05) is 38.8 Å². The van der Waals surface area contributed by atoms with Gasteiger partial charge in [-0.15, -0.1) is 0 Å². The molecule has 8 nitrogen and oxygen atoms in total. The predicted molar refractivity (Wildman–Crippen MR) is 73.9 cm³/mol. The number of rotatable bonds is 6. The van der Waals surface area contributed by atoms with E-state index in [1.807, 2.05) is 0 Å². The van der Waals surface area contributed by atoms with Crippen LogP contribution in [-0.2, 0) is 29.5 Å². The van der Waals surface area contributed by atoms with Crippen LogP contribution in [0.2, 0.25) is 0 Å². The van der Waals surface area contributed by atoms with Crippen LogP contribution in [0, 0.1) is 0 Å². The van der Waals surface area contributed by atoms with Crippen LogP contribution in [0.5, 0.6) is 0 Å². The SMILES string of the molecule is CCO[C@H]1[C@H](OCC)N(S(C)(=O)=O)CCN1S(C)(=O)=O. The van der Waals surface area contributed by atoms with Crippen LogP contribution in [0.4, 0.5) is 0 Å². The van der Waals surface area contributed by atoms with Gasteiger partial charge in [0.25, 0.3) is 0 Å². The molecule has 1 fully saturated rings. The van der Waals surface area contributed by atoms with Crippen LogP contribution in [0.25, 0.3) is 0 Å². The van der Waals surface area contributed by atoms with E-state index in [0.29, 0.717) is 0 Å². The summed E-state index contributed by atoms with van der Waals surface area (Å²) < 4.78 is 60.3. The first kappa shape index (κ1) is 17.8. The summed E-state index contributed by atoms with van der Waals surface area (Å²) in [5.41, 5.74) is 0. The van der Waals surface area contributed by atoms with Crippen molar-refractivity contribution in [3.05, 3.63) is 0 Å². The first-order valence-corrected chi connectivity index (χ1v) is 9.99. The van der Waals surface area contributed by atoms with Crippen molar-refractivity contribution in [1.29, 1.82) is 0 Å². The maximum Gasteiger partial charge on any atom is 0.213 e. The molecule has 0 aliphatic carbocycles. The molecule has 10 heteroatoms. The highest BCUT2D eigenvalue weighted by Gasteiger charge is 2.45. The van der Waals surface area contributed by atoms with E-state index in [9.17, 15) is 16.8 Å². The number of hydrogen-bond acceptors (Lipinski definition) is 6. The summed E-state index contributed by atoms with van der Waals surface area (Å²) in [5.74, 6) is 0. The first-order valence-electron chi connectivity index (χ1n) is 6.29. The summed E-state index contributed by atoms with van der Waals surface area (Å²) in [7, 11) is -7.02. The smallest absolute Gasteiger partial charge is 0.213 e. The number of piperazine rings is 1. The lowest BCUT2D eigenvalue weighted by Crippen LogP contribution is -2.63. The third-order valence-corrected chi connectivity index (χ3v) is 5.36. The number of nitrogens with zero attached hydrogens (tertiary/aromatic N) is 2. The molecule has 0 aromatic heterocycles. The number of ether oxygens (including phenoxy) is 2. The highest BCUT2D eigenvalue weighted by atomic mass is 32.2. The van der Waals surface area contributed by atoms with Gasteiger partial charge >= 0.3 is 0 Å². The molecule has 1 rings (SSSR count). The van der Waals surface area contributed by atoms with Gasteiger partial charge in [-0.1, -0.05) is 0 Å². The normalized spacial score (nSPS) is 26.8. The fraction of sp³-hybridized carbons (Fsp3) is 1.00. The minimum absolute atomic E-state index is 0.0418. The Morgan fingerprint density at radius 2 is 1.15 bits per heavy atom. The van der Waals surface area contributed by atoms with E-state index < -0.39 is 32.5 Å². The third kappa shape index (κ3) is 4.12. The van der Waals surface area contributed by atoms with Crippen LogP contribution in [-0.4, -0.2) is 76.7 Å². The fourth-order valence-corrected chi connectivity index (χ4v) is 4.03. The van der Waals surface area contributed by atoms with Gasteiger partial charge in [-0.2, -0.15) is 8.61 Å². The van der Waals surface area contributed by atoms with E-state index in [2.05, 4.69) is 0 Å². The van der Waals surface area contributed by atoms with E-state index >= 15 is 0 Å². The third-order valence-electron chi connectivity index (χ3n) is 2.88. The van der Waals surface area contributed by atoms with Crippen LogP contribution in [0.3, 0.4) is 0 Å². The van der Waals surface area contributed by atoms with Crippen molar-refractivity contribution < 1.29 is 26.3 Å². The minimum atomic E-state index is -3.51. The van der Waals surface area contributed by atoms with Gasteiger partial charge in [0.15, 0.2) is 12.5 Å². The lowest BCUT2D eigenvalue weighted by atomic mass is 10.3. The molecular weight excluding hydrogens is 308 g/mol. The van der Waals surface area contributed by atoms with Crippen LogP contribution in [0.15, 0.2) is 0 Å². The molecule has 0 unspecified atom stereocenters. The molecule has 0 aromatic rings. The molecule has 1 saturated heterocycles. The van der Waals surface area contributed by atoms with Crippen LogP contribution >= 0.6 is 0 Å². The zero-order valence-electron chi connectivity index (χ0n) is 12.1. The monoisotopic (exact) mass is 330 g/mol. The van der Waals surface area contributed by atoms with Crippen molar-refractivity contribution in [1.82, 2.24) is 8.61 Å². The lowest BCUT2D eigenvalue weighted by molar-refractivity contribution is -0.173. The van der Waals surface area contributed by atoms with Crippen LogP contribution in [0.1, 0.15) is 13.8 Å². The molecule has 0 saturated carbocycles. The Labute approximate surface area is 120 Å². The van der Waals surface area contributed by atoms with Crippen LogP contribution < -0.4 is 0 Å². The topological polar surface area (TPSA) is 93.2 Å². The zero-order chi connectivity index (χ0) is 15.6. The largest absolute Gasteiger partial charge is 0.358 e. The zero-order valence-corrected chi connectivity index (χ0v) is 13.8. The first-order chi connectivity index (χ1) is 9.12. The molecule has 0 radical (unpaired) electrons. The summed E-state index contributed by atoms with van der Waals surface area (Å²) in [6.07, 6.45) is 0.188. The summed E-state index contributed by atoms with van der Waals surface area (Å²) in [4.78, 5) is 0. The van der Waals surface area contributed by atoms with Crippen molar-refractivity contribution in [2.24, 2.45) is 0 Å². The number of hydrogen-bond donors (Lipinski definition) is 0. The summed E-state index contributed by atoms with van der Waals surface area (Å²) in [6.45, 7) is 4.00. The van der Waals surface area contributed by atoms with Gasteiger partial charge in [-0.05, 0) is 13.8 Å². The van der Waals surface area contributed by atoms with E-state index in [-0.39, 0.29) is 26.3 Å². The second-order valence-corrected chi connectivity index (χ2v) is 8.31. The maximum absolute atomic E-state index is 11.8. The summed E-state index contributed by atoms with van der Waals surface area (Å²) in [5, 5.41) is 0. The van der Waals surface area contributed by atoms with Gasteiger partial charge < -0.3 is 9.47 Å². The Morgan fingerprint density at radius 1 is 0.850 bits per heavy atom. The molecule has 20 heavy (non-hydrogen) atoms. The van der Waals surface area contributed by atoms with E-state index in [1.54, 1.807) is 13.8 Å². The second-order valence-electron chi connectivity index (χ2n) is 4.44. The Balaban J connectivity index is 3.18. The molecule has 1 heterocycles. The molecule has 1 aliphatic heterocycles. The average Bonchev–Trinajstić information content (AvgIpc) is 2.28. The van der Waals surface area contributed by atoms with Gasteiger partial charge in [0, 0.05) is 26.3 Å². The molecule has 2 atom stereocenters. The minimum Gasteiger partial charge on any atom is -0.358 e. The van der Waals surface area contributed by atoms with E-state index in [0.717, 1.165) is 21.1 Å². The van der Waals surface area contributed by atoms with Gasteiger partial charge in [0.05, 0.1) is 12.5 Å². The molecule has 1 aliphatic rings. The Bertz CT molecular complexity index is 470. The molecule has 0 N–H and O–H groups in total. The van der Waals surface area contributed by atoms with Gasteiger partial charge in [-0.3, -0.25) is 0 Å². The van der Waals surface area contributed by atoms with Gasteiger partial charge in [0.2, 0.25) is 20.0 Å². The average molecular weight is 330 g/mol. The molecular formula is C10H22N2O6S2. The molecule has 0 amide bonds. The summed E-state index contributed by atoms with van der Waals surface area (Å²) in [6, 6.07) is 0. The van der Waals surface area contributed by atoms with Gasteiger partial charge in [0.1, 0.15) is 0 Å². The Hall–Kier alpha value is -0.260. The second kappa shape index (κ2) is 6.67. The molecule has 0 spiro atoms. The molecule has 0 bridgehead atoms. The van der Waals surface area contributed by atoms with Crippen molar-refractivity contribution in [3.8, 4) is 0 Å². The Morgan fingerprint density at radius 3 is 1.35 bits per heavy atom. The van der Waals surface area contributed by atoms with Gasteiger partial charge in [-0.25, -0.2) is 16.8 Å². The van der Waals surface area contributed by atoms with Crippen molar-refractivity contribution in [3.63, 3.8) is 0 Å². The molecule has 120 valence electrons. The Kier molecular flexibility index (Phi) is 5.93. The quantitative estimate of drug-likeness (QED) is 0.636. The number of sulfonamides is 2. The highest BCUT2D eigenvalue weighted by Crippen LogP contribution is 2.24. The maximum atomic E-state index is 11.8. The highest BCUT2D eigenvalue weighted by molar-refractivity contribution is 7.88. The van der Waals surface area contributed by atoms with Crippen molar-refractivity contribution in [2.45, 2.75) is 26.3 Å². The summed E-state index contributed by atoms with van der Waals surface area (Å²) >= 11 is 0. The predicted octanol–water partition coefficient (Wildman–Crippen LogP) is -0.752. The molecule has 0 aromatic carbocycles. The fourth-order valence-electron chi connectivity index (χ4n) is 2.12.